The van der Waals surface area contributed by atoms with Gasteiger partial charge in [-0.25, -0.2) is 9.18 Å². The first-order valence-corrected chi connectivity index (χ1v) is 10.3. The first-order valence-electron chi connectivity index (χ1n) is 10.3. The first kappa shape index (κ1) is 22.8. The molecule has 9 heteroatoms. The van der Waals surface area contributed by atoms with Gasteiger partial charge in [-0.1, -0.05) is 6.92 Å². The van der Waals surface area contributed by atoms with Crippen molar-refractivity contribution in [1.82, 2.24) is 10.2 Å². The molecule has 0 unspecified atom stereocenters. The molecule has 2 heterocycles. The van der Waals surface area contributed by atoms with Gasteiger partial charge in [0.1, 0.15) is 11.6 Å². The molecule has 1 fully saturated rings. The molecule has 1 aromatic carbocycles. The van der Waals surface area contributed by atoms with Crippen LogP contribution in [0.5, 0.6) is 0 Å². The van der Waals surface area contributed by atoms with Crippen molar-refractivity contribution < 1.29 is 23.1 Å². The number of furan rings is 1. The molecule has 2 aromatic rings. The van der Waals surface area contributed by atoms with Crippen molar-refractivity contribution in [1.29, 1.82) is 0 Å². The fraction of sp³-hybridized carbons (Fsp3) is 0.455. The van der Waals surface area contributed by atoms with Gasteiger partial charge in [-0.2, -0.15) is 0 Å². The number of carbonyl (C=O) groups is 2. The highest BCUT2D eigenvalue weighted by molar-refractivity contribution is 6.05. The minimum absolute atomic E-state index is 0.0323. The van der Waals surface area contributed by atoms with Crippen molar-refractivity contribution >= 4 is 23.3 Å². The van der Waals surface area contributed by atoms with E-state index in [1.54, 1.807) is 6.92 Å². The third-order valence-corrected chi connectivity index (χ3v) is 5.74. The summed E-state index contributed by atoms with van der Waals surface area (Å²) in [4.78, 5) is 27.1. The lowest BCUT2D eigenvalue weighted by Crippen LogP contribution is -2.57. The molecule has 3 rings (SSSR count). The number of ether oxygens (including phenoxy) is 1. The number of nitrogens with one attached hydrogen (secondary N) is 3. The number of hydrogen-bond acceptors (Lipinski definition) is 5. The highest BCUT2D eigenvalue weighted by Gasteiger charge is 2.31. The summed E-state index contributed by atoms with van der Waals surface area (Å²) in [6, 6.07) is 5.12. The highest BCUT2D eigenvalue weighted by atomic mass is 19.1. The van der Waals surface area contributed by atoms with Crippen LogP contribution in [-0.2, 0) is 4.74 Å². The maximum atomic E-state index is 14.2. The standard InChI is InChI=1S/C22H29FN4O4/c1-4-22(3,27-8-11-30-12-9-27)14-24-21(29)25-16-5-6-18(23)19(13-16)26-20(28)17-7-10-31-15(17)2/h5-7,10,13H,4,8-9,11-12,14H2,1-3H3,(H,26,28)(H2,24,25,29)/t22-/m1/s1. The second-order valence-electron chi connectivity index (χ2n) is 7.80. The third-order valence-electron chi connectivity index (χ3n) is 5.74. The van der Waals surface area contributed by atoms with Crippen LogP contribution < -0.4 is 16.0 Å². The molecule has 0 saturated carbocycles. The van der Waals surface area contributed by atoms with E-state index in [4.69, 9.17) is 9.15 Å². The Morgan fingerprint density at radius 3 is 2.58 bits per heavy atom. The van der Waals surface area contributed by atoms with Crippen LogP contribution in [0.3, 0.4) is 0 Å². The van der Waals surface area contributed by atoms with E-state index in [1.807, 2.05) is 0 Å². The van der Waals surface area contributed by atoms with Gasteiger partial charge in [0.15, 0.2) is 0 Å². The number of carbonyl (C=O) groups excluding carboxylic acids is 2. The fourth-order valence-electron chi connectivity index (χ4n) is 3.52. The van der Waals surface area contributed by atoms with Crippen molar-refractivity contribution in [3.8, 4) is 0 Å². The summed E-state index contributed by atoms with van der Waals surface area (Å²) in [5, 5.41) is 8.11. The number of nitrogens with zero attached hydrogens (tertiary/aromatic N) is 1. The molecule has 1 atom stereocenters. The molecule has 0 aliphatic carbocycles. The molecule has 1 saturated heterocycles. The normalized spacial score (nSPS) is 16.4. The van der Waals surface area contributed by atoms with Crippen molar-refractivity contribution in [2.45, 2.75) is 32.7 Å². The minimum atomic E-state index is -0.605. The summed E-state index contributed by atoms with van der Waals surface area (Å²) in [5.74, 6) is -0.659. The number of anilines is 2. The molecule has 168 valence electrons. The van der Waals surface area contributed by atoms with Crippen LogP contribution in [0.1, 0.15) is 36.4 Å². The molecular formula is C22H29FN4O4. The van der Waals surface area contributed by atoms with Crippen molar-refractivity contribution in [3.63, 3.8) is 0 Å². The zero-order valence-electron chi connectivity index (χ0n) is 18.1. The summed E-state index contributed by atoms with van der Waals surface area (Å²) in [7, 11) is 0. The quantitative estimate of drug-likeness (QED) is 0.621. The molecule has 1 aliphatic rings. The van der Waals surface area contributed by atoms with E-state index in [9.17, 15) is 14.0 Å². The van der Waals surface area contributed by atoms with Gasteiger partial charge in [-0.05, 0) is 44.5 Å². The molecule has 1 aliphatic heterocycles. The summed E-state index contributed by atoms with van der Waals surface area (Å²) < 4.78 is 24.7. The number of halogens is 1. The van der Waals surface area contributed by atoms with Crippen molar-refractivity contribution in [2.24, 2.45) is 0 Å². The molecule has 0 radical (unpaired) electrons. The van der Waals surface area contributed by atoms with Crippen LogP contribution in [0.15, 0.2) is 34.9 Å². The number of morpholine rings is 1. The van der Waals surface area contributed by atoms with Crippen molar-refractivity contribution in [3.05, 3.63) is 47.7 Å². The molecule has 3 amide bonds. The topological polar surface area (TPSA) is 95.8 Å². The number of hydrogen-bond donors (Lipinski definition) is 3. The monoisotopic (exact) mass is 432 g/mol. The largest absolute Gasteiger partial charge is 0.469 e. The van der Waals surface area contributed by atoms with E-state index in [1.165, 1.54) is 30.5 Å². The molecule has 8 nitrogen and oxygen atoms in total. The van der Waals surface area contributed by atoms with Crippen molar-refractivity contribution in [2.75, 3.05) is 43.5 Å². The summed E-state index contributed by atoms with van der Waals surface area (Å²) >= 11 is 0. The van der Waals surface area contributed by atoms with Crippen LogP contribution in [0.4, 0.5) is 20.6 Å². The number of aryl methyl sites for hydroxylation is 1. The van der Waals surface area contributed by atoms with Gasteiger partial charge in [-0.15, -0.1) is 0 Å². The van der Waals surface area contributed by atoms with Gasteiger partial charge in [0.2, 0.25) is 0 Å². The van der Waals surface area contributed by atoms with Gasteiger partial charge >= 0.3 is 6.03 Å². The SMILES string of the molecule is CC[C@](C)(CNC(=O)Nc1ccc(F)c(NC(=O)c2ccoc2C)c1)N1CCOCC1. The average molecular weight is 432 g/mol. The number of urea groups is 1. The van der Waals surface area contributed by atoms with E-state index in [-0.39, 0.29) is 11.2 Å². The zero-order chi connectivity index (χ0) is 22.4. The predicted molar refractivity (Wildman–Crippen MR) is 116 cm³/mol. The van der Waals surface area contributed by atoms with E-state index < -0.39 is 17.8 Å². The van der Waals surface area contributed by atoms with E-state index in [0.717, 1.165) is 19.5 Å². The number of rotatable bonds is 7. The van der Waals surface area contributed by atoms with E-state index >= 15 is 0 Å². The van der Waals surface area contributed by atoms with Gasteiger partial charge in [0.25, 0.3) is 5.91 Å². The molecule has 0 spiro atoms. The second-order valence-corrected chi connectivity index (χ2v) is 7.80. The van der Waals surface area contributed by atoms with E-state index in [0.29, 0.717) is 36.8 Å². The highest BCUT2D eigenvalue weighted by Crippen LogP contribution is 2.22. The summed E-state index contributed by atoms with van der Waals surface area (Å²) in [6.45, 7) is 9.33. The number of amides is 3. The van der Waals surface area contributed by atoms with Crippen LogP contribution in [0, 0.1) is 12.7 Å². The Balaban J connectivity index is 1.60. The van der Waals surface area contributed by atoms with Crippen LogP contribution in [-0.4, -0.2) is 55.2 Å². The summed E-state index contributed by atoms with van der Waals surface area (Å²) in [5.41, 5.74) is 0.459. The van der Waals surface area contributed by atoms with E-state index in [2.05, 4.69) is 34.7 Å². The maximum absolute atomic E-state index is 14.2. The van der Waals surface area contributed by atoms with Gasteiger partial charge in [0, 0.05) is 30.9 Å². The molecule has 0 bridgehead atoms. The lowest BCUT2D eigenvalue weighted by atomic mass is 9.95. The molecule has 3 N–H and O–H groups in total. The smallest absolute Gasteiger partial charge is 0.319 e. The van der Waals surface area contributed by atoms with Crippen LogP contribution in [0.2, 0.25) is 0 Å². The van der Waals surface area contributed by atoms with Crippen LogP contribution in [0.25, 0.3) is 0 Å². The Bertz CT molecular complexity index is 926. The maximum Gasteiger partial charge on any atom is 0.319 e. The molecule has 1 aromatic heterocycles. The number of benzene rings is 1. The Morgan fingerprint density at radius 1 is 1.19 bits per heavy atom. The molecular weight excluding hydrogens is 403 g/mol. The summed E-state index contributed by atoms with van der Waals surface area (Å²) in [6.07, 6.45) is 2.26. The lowest BCUT2D eigenvalue weighted by Gasteiger charge is -2.43. The minimum Gasteiger partial charge on any atom is -0.469 e. The van der Waals surface area contributed by atoms with Gasteiger partial charge in [-0.3, -0.25) is 9.69 Å². The lowest BCUT2D eigenvalue weighted by molar-refractivity contribution is -0.0163. The average Bonchev–Trinajstić information content (AvgIpc) is 3.21. The molecule has 31 heavy (non-hydrogen) atoms. The Kier molecular flexibility index (Phi) is 7.29. The Hall–Kier alpha value is -2.91. The fourth-order valence-corrected chi connectivity index (χ4v) is 3.52. The van der Waals surface area contributed by atoms with Crippen LogP contribution >= 0.6 is 0 Å². The van der Waals surface area contributed by atoms with Gasteiger partial charge in [0.05, 0.1) is 30.7 Å². The predicted octanol–water partition coefficient (Wildman–Crippen LogP) is 3.60. The van der Waals surface area contributed by atoms with Gasteiger partial charge < -0.3 is 25.1 Å². The first-order chi connectivity index (χ1) is 14.8. The Labute approximate surface area is 181 Å². The zero-order valence-corrected chi connectivity index (χ0v) is 18.1. The third kappa shape index (κ3) is 5.62. The second kappa shape index (κ2) is 9.93. The Morgan fingerprint density at radius 2 is 1.94 bits per heavy atom.